The van der Waals surface area contributed by atoms with E-state index in [0.717, 1.165) is 16.1 Å². The van der Waals surface area contributed by atoms with Gasteiger partial charge in [0.05, 0.1) is 5.69 Å². The minimum absolute atomic E-state index is 0.231. The first-order valence-electron chi connectivity index (χ1n) is 6.47. The average molecular weight is 289 g/mol. The maximum absolute atomic E-state index is 11.8. The SMILES string of the molecule is Cc1sc(NC(=O)NC(C)(C)C)nc1-c1ccccc1. The number of hydrogen-bond donors (Lipinski definition) is 2. The molecule has 2 amide bonds. The number of aryl methyl sites for hydroxylation is 1. The summed E-state index contributed by atoms with van der Waals surface area (Å²) >= 11 is 1.48. The van der Waals surface area contributed by atoms with Gasteiger partial charge in [-0.1, -0.05) is 30.3 Å². The van der Waals surface area contributed by atoms with E-state index in [4.69, 9.17) is 0 Å². The van der Waals surface area contributed by atoms with Gasteiger partial charge in [0.15, 0.2) is 5.13 Å². The molecule has 0 aliphatic carbocycles. The highest BCUT2D eigenvalue weighted by atomic mass is 32.1. The Kier molecular flexibility index (Phi) is 4.09. The van der Waals surface area contributed by atoms with Crippen LogP contribution >= 0.6 is 11.3 Å². The monoisotopic (exact) mass is 289 g/mol. The largest absolute Gasteiger partial charge is 0.333 e. The van der Waals surface area contributed by atoms with E-state index in [1.165, 1.54) is 11.3 Å². The summed E-state index contributed by atoms with van der Waals surface area (Å²) in [5.74, 6) is 0. The van der Waals surface area contributed by atoms with Gasteiger partial charge in [-0.3, -0.25) is 5.32 Å². The lowest BCUT2D eigenvalue weighted by Crippen LogP contribution is -2.43. The predicted octanol–water partition coefficient (Wildman–Crippen LogP) is 4.04. The predicted molar refractivity (Wildman–Crippen MR) is 84.2 cm³/mol. The molecule has 106 valence electrons. The number of rotatable bonds is 2. The molecule has 1 aromatic heterocycles. The number of aromatic nitrogens is 1. The number of hydrogen-bond acceptors (Lipinski definition) is 3. The first-order chi connectivity index (χ1) is 9.35. The number of nitrogens with zero attached hydrogens (tertiary/aromatic N) is 1. The topological polar surface area (TPSA) is 54.0 Å². The van der Waals surface area contributed by atoms with E-state index in [1.54, 1.807) is 0 Å². The molecule has 0 unspecified atom stereocenters. The van der Waals surface area contributed by atoms with Crippen molar-refractivity contribution in [1.82, 2.24) is 10.3 Å². The molecule has 0 saturated heterocycles. The third-order valence-electron chi connectivity index (χ3n) is 2.55. The smallest absolute Gasteiger partial charge is 0.321 e. The van der Waals surface area contributed by atoms with Gasteiger partial charge in [-0.2, -0.15) is 0 Å². The first kappa shape index (κ1) is 14.5. The maximum Gasteiger partial charge on any atom is 0.321 e. The van der Waals surface area contributed by atoms with Crippen LogP contribution < -0.4 is 10.6 Å². The van der Waals surface area contributed by atoms with Crippen LogP contribution in [0.15, 0.2) is 30.3 Å². The Morgan fingerprint density at radius 3 is 2.45 bits per heavy atom. The zero-order chi connectivity index (χ0) is 14.8. The third kappa shape index (κ3) is 3.81. The summed E-state index contributed by atoms with van der Waals surface area (Å²) in [5, 5.41) is 6.25. The molecule has 20 heavy (non-hydrogen) atoms. The van der Waals surface area contributed by atoms with Crippen LogP contribution in [0.25, 0.3) is 11.3 Å². The number of carbonyl (C=O) groups excluding carboxylic acids is 1. The Morgan fingerprint density at radius 1 is 1.20 bits per heavy atom. The molecule has 0 aliphatic heterocycles. The van der Waals surface area contributed by atoms with Crippen LogP contribution in [0.2, 0.25) is 0 Å². The second kappa shape index (κ2) is 5.63. The van der Waals surface area contributed by atoms with Crippen LogP contribution in [0.4, 0.5) is 9.93 Å². The van der Waals surface area contributed by atoms with Crippen LogP contribution in [0.1, 0.15) is 25.6 Å². The Labute approximate surface area is 123 Å². The van der Waals surface area contributed by atoms with Crippen molar-refractivity contribution in [2.24, 2.45) is 0 Å². The number of nitrogens with one attached hydrogen (secondary N) is 2. The van der Waals surface area contributed by atoms with Crippen molar-refractivity contribution in [3.8, 4) is 11.3 Å². The van der Waals surface area contributed by atoms with Crippen molar-refractivity contribution in [3.63, 3.8) is 0 Å². The molecule has 0 fully saturated rings. The quantitative estimate of drug-likeness (QED) is 0.876. The van der Waals surface area contributed by atoms with Gasteiger partial charge in [0.25, 0.3) is 0 Å². The van der Waals surface area contributed by atoms with Crippen molar-refractivity contribution in [2.45, 2.75) is 33.2 Å². The first-order valence-corrected chi connectivity index (χ1v) is 7.29. The molecule has 5 heteroatoms. The summed E-state index contributed by atoms with van der Waals surface area (Å²) in [6, 6.07) is 9.73. The summed E-state index contributed by atoms with van der Waals surface area (Å²) in [4.78, 5) is 17.4. The highest BCUT2D eigenvalue weighted by molar-refractivity contribution is 7.16. The Bertz CT molecular complexity index is 599. The van der Waals surface area contributed by atoms with Crippen molar-refractivity contribution in [1.29, 1.82) is 0 Å². The zero-order valence-electron chi connectivity index (χ0n) is 12.2. The fourth-order valence-electron chi connectivity index (χ4n) is 1.78. The minimum Gasteiger partial charge on any atom is -0.333 e. The molecule has 2 rings (SSSR count). The lowest BCUT2D eigenvalue weighted by atomic mass is 10.1. The number of benzene rings is 1. The molecule has 0 saturated carbocycles. The van der Waals surface area contributed by atoms with Crippen LogP contribution in [0.3, 0.4) is 0 Å². The molecule has 1 heterocycles. The van der Waals surface area contributed by atoms with Crippen molar-refractivity contribution in [2.75, 3.05) is 5.32 Å². The van der Waals surface area contributed by atoms with Gasteiger partial charge in [0.2, 0.25) is 0 Å². The Morgan fingerprint density at radius 2 is 1.85 bits per heavy atom. The van der Waals surface area contributed by atoms with Gasteiger partial charge < -0.3 is 5.32 Å². The number of carbonyl (C=O) groups is 1. The standard InChI is InChI=1S/C15H19N3OS/c1-10-12(11-8-6-5-7-9-11)16-14(20-10)17-13(19)18-15(2,3)4/h5-9H,1-4H3,(H2,16,17,18,19). The highest BCUT2D eigenvalue weighted by Crippen LogP contribution is 2.30. The molecule has 0 spiro atoms. The van der Waals surface area contributed by atoms with Crippen molar-refractivity contribution in [3.05, 3.63) is 35.2 Å². The van der Waals surface area contributed by atoms with Crippen molar-refractivity contribution >= 4 is 22.5 Å². The van der Waals surface area contributed by atoms with E-state index >= 15 is 0 Å². The number of urea groups is 1. The van der Waals surface area contributed by atoms with Crippen LogP contribution in [0, 0.1) is 6.92 Å². The molecule has 2 N–H and O–H groups in total. The van der Waals surface area contributed by atoms with Gasteiger partial charge in [-0.05, 0) is 27.7 Å². The summed E-state index contributed by atoms with van der Waals surface area (Å²) in [5.41, 5.74) is 1.71. The summed E-state index contributed by atoms with van der Waals surface area (Å²) < 4.78 is 0. The van der Waals surface area contributed by atoms with Crippen LogP contribution in [-0.4, -0.2) is 16.6 Å². The number of anilines is 1. The van der Waals surface area contributed by atoms with E-state index in [2.05, 4.69) is 15.6 Å². The van der Waals surface area contributed by atoms with Gasteiger partial charge in [0.1, 0.15) is 0 Å². The molecular weight excluding hydrogens is 270 g/mol. The van der Waals surface area contributed by atoms with Gasteiger partial charge in [-0.25, -0.2) is 9.78 Å². The summed E-state index contributed by atoms with van der Waals surface area (Å²) in [6.07, 6.45) is 0. The lowest BCUT2D eigenvalue weighted by molar-refractivity contribution is 0.244. The summed E-state index contributed by atoms with van der Waals surface area (Å²) in [7, 11) is 0. The van der Waals surface area contributed by atoms with Crippen LogP contribution in [-0.2, 0) is 0 Å². The Balaban J connectivity index is 2.14. The number of amides is 2. The molecule has 2 aromatic rings. The van der Waals surface area contributed by atoms with E-state index in [1.807, 2.05) is 58.0 Å². The van der Waals surface area contributed by atoms with E-state index < -0.39 is 0 Å². The molecule has 0 bridgehead atoms. The van der Waals surface area contributed by atoms with Gasteiger partial charge in [0, 0.05) is 16.0 Å². The lowest BCUT2D eigenvalue weighted by Gasteiger charge is -2.20. The maximum atomic E-state index is 11.8. The summed E-state index contributed by atoms with van der Waals surface area (Å²) in [6.45, 7) is 7.83. The molecule has 0 aliphatic rings. The molecule has 0 radical (unpaired) electrons. The average Bonchev–Trinajstić information content (AvgIpc) is 2.68. The molecule has 1 aromatic carbocycles. The Hall–Kier alpha value is -1.88. The number of thiazole rings is 1. The van der Waals surface area contributed by atoms with Gasteiger partial charge >= 0.3 is 6.03 Å². The normalized spacial score (nSPS) is 11.2. The highest BCUT2D eigenvalue weighted by Gasteiger charge is 2.16. The van der Waals surface area contributed by atoms with E-state index in [9.17, 15) is 4.79 Å². The van der Waals surface area contributed by atoms with E-state index in [0.29, 0.717) is 5.13 Å². The minimum atomic E-state index is -0.265. The molecule has 0 atom stereocenters. The second-order valence-corrected chi connectivity index (χ2v) is 6.82. The van der Waals surface area contributed by atoms with Gasteiger partial charge in [-0.15, -0.1) is 11.3 Å². The zero-order valence-corrected chi connectivity index (χ0v) is 13.0. The molecule has 4 nitrogen and oxygen atoms in total. The van der Waals surface area contributed by atoms with Crippen molar-refractivity contribution < 1.29 is 4.79 Å². The second-order valence-electron chi connectivity index (χ2n) is 5.62. The van der Waals surface area contributed by atoms with E-state index in [-0.39, 0.29) is 11.6 Å². The third-order valence-corrected chi connectivity index (χ3v) is 3.44. The fourth-order valence-corrected chi connectivity index (χ4v) is 2.61. The fraction of sp³-hybridized carbons (Fsp3) is 0.333. The van der Waals surface area contributed by atoms with Crippen LogP contribution in [0.5, 0.6) is 0 Å². The molecular formula is C15H19N3OS.